The number of hydrogen-bond donors (Lipinski definition) is 0. The minimum atomic E-state index is 0.976. The summed E-state index contributed by atoms with van der Waals surface area (Å²) in [6, 6.07) is 52.2. The predicted octanol–water partition coefficient (Wildman–Crippen LogP) is 14.2. The summed E-state index contributed by atoms with van der Waals surface area (Å²) in [5.41, 5.74) is 13.1. The lowest BCUT2D eigenvalue weighted by Gasteiger charge is -2.12. The molecule has 0 saturated heterocycles. The molecule has 0 radical (unpaired) electrons. The summed E-state index contributed by atoms with van der Waals surface area (Å²) in [5, 5.41) is 8.85. The maximum atomic E-state index is 5.26. The summed E-state index contributed by atoms with van der Waals surface area (Å²) < 4.78 is 2.28. The zero-order valence-electron chi connectivity index (χ0n) is 30.8. The standard InChI is InChI=1S/C37H28N2.C14H14/c1-4-6-11-26(5-2)39-35-15-10-9-14-31(35)37-36(39)21-20-34(38-37)25-17-19-30-29-18-16-24(3)22-32(29)27-12-7-8-13-28(27)33(30)23-25;1-11-7-3-5-9-13(11)14-10-6-4-8-12(14)2/h4-23H,1H2,2-3H3;3-10H,1-2H3/b11-6-,26-5+;. The van der Waals surface area contributed by atoms with Crippen molar-refractivity contribution in [1.29, 1.82) is 0 Å². The van der Waals surface area contributed by atoms with Crippen molar-refractivity contribution >= 4 is 60.0 Å². The van der Waals surface area contributed by atoms with Gasteiger partial charge < -0.3 is 4.57 Å². The monoisotopic (exact) mass is 682 g/mol. The highest BCUT2D eigenvalue weighted by Gasteiger charge is 2.16. The lowest BCUT2D eigenvalue weighted by Crippen LogP contribution is -1.94. The quantitative estimate of drug-likeness (QED) is 0.130. The molecule has 9 rings (SSSR count). The van der Waals surface area contributed by atoms with Crippen LogP contribution in [0.1, 0.15) is 23.6 Å². The fourth-order valence-electron chi connectivity index (χ4n) is 7.71. The third-order valence-electron chi connectivity index (χ3n) is 10.3. The van der Waals surface area contributed by atoms with Gasteiger partial charge in [0.25, 0.3) is 0 Å². The first-order valence-electron chi connectivity index (χ1n) is 18.3. The van der Waals surface area contributed by atoms with Gasteiger partial charge in [-0.2, -0.15) is 0 Å². The first-order chi connectivity index (χ1) is 26.0. The van der Waals surface area contributed by atoms with Gasteiger partial charge in [-0.1, -0.05) is 152 Å². The molecule has 256 valence electrons. The molecule has 0 N–H and O–H groups in total. The maximum absolute atomic E-state index is 5.26. The van der Waals surface area contributed by atoms with Gasteiger partial charge in [-0.15, -0.1) is 0 Å². The van der Waals surface area contributed by atoms with Crippen LogP contribution in [0.15, 0.2) is 176 Å². The van der Waals surface area contributed by atoms with Crippen molar-refractivity contribution in [3.8, 4) is 22.4 Å². The van der Waals surface area contributed by atoms with E-state index in [1.54, 1.807) is 0 Å². The van der Waals surface area contributed by atoms with Crippen LogP contribution in [-0.4, -0.2) is 9.55 Å². The SMILES string of the molecule is C=C/C=C\C(=C/C)n1c2ccccc2c2nc(-c3ccc4c5ccc(C)cc5c5ccccc5c4c3)ccc21.Cc1ccccc1-c1ccccc1C. The van der Waals surface area contributed by atoms with Gasteiger partial charge in [-0.25, -0.2) is 4.98 Å². The van der Waals surface area contributed by atoms with Gasteiger partial charge in [-0.05, 0) is 113 Å². The smallest absolute Gasteiger partial charge is 0.0970 e. The van der Waals surface area contributed by atoms with E-state index in [2.05, 4.69) is 197 Å². The molecule has 2 heteroatoms. The minimum absolute atomic E-state index is 0.976. The molecule has 0 spiro atoms. The van der Waals surface area contributed by atoms with E-state index in [4.69, 9.17) is 4.98 Å². The number of aromatic nitrogens is 2. The molecule has 0 aliphatic rings. The van der Waals surface area contributed by atoms with E-state index in [0.29, 0.717) is 0 Å². The molecule has 2 heterocycles. The van der Waals surface area contributed by atoms with Crippen molar-refractivity contribution < 1.29 is 0 Å². The Morgan fingerprint density at radius 2 is 1.11 bits per heavy atom. The van der Waals surface area contributed by atoms with E-state index in [9.17, 15) is 0 Å². The normalized spacial score (nSPS) is 11.9. The second kappa shape index (κ2) is 14.3. The highest BCUT2D eigenvalue weighted by molar-refractivity contribution is 6.26. The first-order valence-corrected chi connectivity index (χ1v) is 18.3. The summed E-state index contributed by atoms with van der Waals surface area (Å²) in [5.74, 6) is 0. The zero-order chi connectivity index (χ0) is 36.5. The Labute approximate surface area is 311 Å². The van der Waals surface area contributed by atoms with E-state index in [0.717, 1.165) is 38.9 Å². The Kier molecular flexibility index (Phi) is 9.04. The van der Waals surface area contributed by atoms with Crippen LogP contribution >= 0.6 is 0 Å². The van der Waals surface area contributed by atoms with Crippen LogP contribution in [0.2, 0.25) is 0 Å². The van der Waals surface area contributed by atoms with Gasteiger partial charge in [0, 0.05) is 16.6 Å². The van der Waals surface area contributed by atoms with E-state index in [1.807, 2.05) is 12.2 Å². The number of hydrogen-bond acceptors (Lipinski definition) is 1. The molecular formula is C51H42N2. The van der Waals surface area contributed by atoms with E-state index >= 15 is 0 Å². The lowest BCUT2D eigenvalue weighted by atomic mass is 9.92. The topological polar surface area (TPSA) is 17.8 Å². The molecule has 0 bridgehead atoms. The van der Waals surface area contributed by atoms with Crippen molar-refractivity contribution in [3.05, 3.63) is 193 Å². The number of nitrogens with zero attached hydrogens (tertiary/aromatic N) is 2. The number of benzene rings is 7. The van der Waals surface area contributed by atoms with Crippen LogP contribution in [0.25, 0.3) is 82.3 Å². The van der Waals surface area contributed by atoms with E-state index in [-0.39, 0.29) is 0 Å². The van der Waals surface area contributed by atoms with Gasteiger partial charge in [-0.3, -0.25) is 0 Å². The van der Waals surface area contributed by atoms with Crippen molar-refractivity contribution in [2.75, 3.05) is 0 Å². The molecule has 0 atom stereocenters. The van der Waals surface area contributed by atoms with Crippen molar-refractivity contribution in [2.24, 2.45) is 0 Å². The molecule has 7 aromatic carbocycles. The lowest BCUT2D eigenvalue weighted by molar-refractivity contribution is 1.22. The molecule has 9 aromatic rings. The van der Waals surface area contributed by atoms with E-state index in [1.165, 1.54) is 60.1 Å². The molecule has 0 saturated carbocycles. The summed E-state index contributed by atoms with van der Waals surface area (Å²) in [6.45, 7) is 12.4. The molecule has 53 heavy (non-hydrogen) atoms. The summed E-state index contributed by atoms with van der Waals surface area (Å²) in [7, 11) is 0. The van der Waals surface area contributed by atoms with Gasteiger partial charge in [0.2, 0.25) is 0 Å². The first kappa shape index (κ1) is 33.6. The van der Waals surface area contributed by atoms with Gasteiger partial charge >= 0.3 is 0 Å². The Hall–Kier alpha value is -6.51. The van der Waals surface area contributed by atoms with Crippen LogP contribution in [-0.2, 0) is 0 Å². The molecule has 2 nitrogen and oxygen atoms in total. The molecule has 0 aliphatic heterocycles. The average molecular weight is 683 g/mol. The van der Waals surface area contributed by atoms with Crippen LogP contribution in [0.4, 0.5) is 0 Å². The number of fused-ring (bicyclic) bond motifs is 9. The number of allylic oxidation sites excluding steroid dienone is 5. The Morgan fingerprint density at radius 1 is 0.547 bits per heavy atom. The Bertz CT molecular complexity index is 2840. The van der Waals surface area contributed by atoms with Gasteiger partial charge in [0.15, 0.2) is 0 Å². The molecule has 0 fully saturated rings. The zero-order valence-corrected chi connectivity index (χ0v) is 30.8. The highest BCUT2D eigenvalue weighted by atomic mass is 15.0. The van der Waals surface area contributed by atoms with Crippen LogP contribution in [0, 0.1) is 20.8 Å². The fourth-order valence-corrected chi connectivity index (χ4v) is 7.71. The molecule has 0 aliphatic carbocycles. The molecule has 2 aromatic heterocycles. The summed E-state index contributed by atoms with van der Waals surface area (Å²) in [4.78, 5) is 5.26. The number of rotatable bonds is 5. The van der Waals surface area contributed by atoms with Crippen molar-refractivity contribution in [3.63, 3.8) is 0 Å². The van der Waals surface area contributed by atoms with Crippen molar-refractivity contribution in [2.45, 2.75) is 27.7 Å². The molecule has 0 amide bonds. The number of pyridine rings is 1. The predicted molar refractivity (Wildman–Crippen MR) is 231 cm³/mol. The van der Waals surface area contributed by atoms with Gasteiger partial charge in [0.05, 0.1) is 22.2 Å². The molecule has 0 unspecified atom stereocenters. The minimum Gasteiger partial charge on any atom is -0.308 e. The van der Waals surface area contributed by atoms with Crippen LogP contribution in [0.3, 0.4) is 0 Å². The summed E-state index contributed by atoms with van der Waals surface area (Å²) in [6.07, 6.45) is 8.00. The highest BCUT2D eigenvalue weighted by Crippen LogP contribution is 2.38. The third kappa shape index (κ3) is 6.13. The van der Waals surface area contributed by atoms with Gasteiger partial charge in [0.1, 0.15) is 0 Å². The summed E-state index contributed by atoms with van der Waals surface area (Å²) >= 11 is 0. The number of para-hydroxylation sites is 1. The Balaban J connectivity index is 0.000000240. The molecular weight excluding hydrogens is 641 g/mol. The third-order valence-corrected chi connectivity index (χ3v) is 10.3. The largest absolute Gasteiger partial charge is 0.308 e. The second-order valence-corrected chi connectivity index (χ2v) is 13.7. The van der Waals surface area contributed by atoms with Crippen LogP contribution < -0.4 is 0 Å². The van der Waals surface area contributed by atoms with Crippen molar-refractivity contribution in [1.82, 2.24) is 9.55 Å². The van der Waals surface area contributed by atoms with Crippen LogP contribution in [0.5, 0.6) is 0 Å². The maximum Gasteiger partial charge on any atom is 0.0970 e. The average Bonchev–Trinajstić information content (AvgIpc) is 3.52. The number of aryl methyl sites for hydroxylation is 3. The van der Waals surface area contributed by atoms with E-state index < -0.39 is 0 Å². The fraction of sp³-hybridized carbons (Fsp3) is 0.0784. The Morgan fingerprint density at radius 3 is 1.75 bits per heavy atom. The second-order valence-electron chi connectivity index (χ2n) is 13.7.